The Morgan fingerprint density at radius 1 is 0.164 bits per heavy atom. The van der Waals surface area contributed by atoms with Crippen molar-refractivity contribution in [1.82, 2.24) is 0 Å². The summed E-state index contributed by atoms with van der Waals surface area (Å²) in [6, 6.07) is 129. The van der Waals surface area contributed by atoms with Crippen LogP contribution in [0.25, 0.3) is 177 Å². The van der Waals surface area contributed by atoms with Crippen molar-refractivity contribution in [1.29, 1.82) is 0 Å². The van der Waals surface area contributed by atoms with Crippen molar-refractivity contribution in [3.05, 3.63) is 386 Å². The maximum Gasteiger partial charge on any atom is 0.139 e. The van der Waals surface area contributed by atoms with Crippen molar-refractivity contribution in [3.63, 3.8) is 0 Å². The third kappa shape index (κ3) is 15.2. The largest absolute Gasteiger partial charge is 0.456 e. The second-order valence-electron chi connectivity index (χ2n) is 34.7. The first-order valence-corrected chi connectivity index (χ1v) is 40.5. The van der Waals surface area contributed by atoms with E-state index in [-0.39, 0.29) is 21.7 Å². The van der Waals surface area contributed by atoms with E-state index >= 15 is 0 Å². The Kier molecular flexibility index (Phi) is 20.1. The lowest BCUT2D eigenvalue weighted by atomic mass is 9.83. The summed E-state index contributed by atoms with van der Waals surface area (Å²) in [7, 11) is 0. The molecule has 568 valence electrons. The van der Waals surface area contributed by atoms with Gasteiger partial charge in [0.15, 0.2) is 0 Å². The number of rotatable bonds is 8. The lowest BCUT2D eigenvalue weighted by molar-refractivity contribution is 0.573. The minimum Gasteiger partial charge on any atom is -0.456 e. The van der Waals surface area contributed by atoms with Gasteiger partial charge in [-0.05, 0) is 200 Å². The van der Waals surface area contributed by atoms with E-state index in [1.165, 1.54) is 154 Å². The molecule has 4 heteroatoms. The smallest absolute Gasteiger partial charge is 0.139 e. The van der Waals surface area contributed by atoms with E-state index in [0.29, 0.717) is 0 Å². The van der Waals surface area contributed by atoms with Crippen LogP contribution in [0.2, 0.25) is 0 Å². The Labute approximate surface area is 681 Å². The number of hydrogen-bond acceptors (Lipinski definition) is 4. The third-order valence-corrected chi connectivity index (χ3v) is 22.5. The summed E-state index contributed by atoms with van der Waals surface area (Å²) >= 11 is 0. The molecule has 0 fully saturated rings. The van der Waals surface area contributed by atoms with Gasteiger partial charge < -0.3 is 17.7 Å². The molecule has 20 rings (SSSR count). The molecule has 0 saturated heterocycles. The number of fused-ring (bicyclic) bond motifs is 12. The lowest BCUT2D eigenvalue weighted by Crippen LogP contribution is -2.11. The second-order valence-corrected chi connectivity index (χ2v) is 34.7. The van der Waals surface area contributed by atoms with Crippen LogP contribution in [0.15, 0.2) is 382 Å². The van der Waals surface area contributed by atoms with Crippen LogP contribution >= 0.6 is 0 Å². The van der Waals surface area contributed by atoms with Gasteiger partial charge in [0.1, 0.15) is 44.7 Å². The maximum atomic E-state index is 6.39. The van der Waals surface area contributed by atoms with Gasteiger partial charge in [-0.25, -0.2) is 0 Å². The van der Waals surface area contributed by atoms with Crippen molar-refractivity contribution in [3.8, 4) is 89.0 Å². The van der Waals surface area contributed by atoms with Crippen LogP contribution in [0.1, 0.15) is 105 Å². The van der Waals surface area contributed by atoms with Crippen LogP contribution in [0.3, 0.4) is 0 Å². The summed E-state index contributed by atoms with van der Waals surface area (Å²) in [6.45, 7) is 26.9. The zero-order valence-corrected chi connectivity index (χ0v) is 68.3. The van der Waals surface area contributed by atoms with Gasteiger partial charge in [-0.3, -0.25) is 0 Å². The van der Waals surface area contributed by atoms with Crippen LogP contribution in [-0.2, 0) is 21.7 Å². The highest BCUT2D eigenvalue weighted by Crippen LogP contribution is 2.47. The van der Waals surface area contributed by atoms with Crippen molar-refractivity contribution in [2.45, 2.75) is 105 Å². The van der Waals surface area contributed by atoms with E-state index in [4.69, 9.17) is 17.7 Å². The predicted molar refractivity (Wildman–Crippen MR) is 493 cm³/mol. The van der Waals surface area contributed by atoms with Gasteiger partial charge >= 0.3 is 0 Å². The summed E-state index contributed by atoms with van der Waals surface area (Å²) in [5.41, 5.74) is 32.6. The zero-order chi connectivity index (χ0) is 80.0. The van der Waals surface area contributed by atoms with E-state index in [1.807, 2.05) is 0 Å². The van der Waals surface area contributed by atoms with Crippen molar-refractivity contribution in [2.75, 3.05) is 0 Å². The molecule has 0 spiro atoms. The van der Waals surface area contributed by atoms with Gasteiger partial charge in [0, 0.05) is 48.7 Å². The Balaban J connectivity index is 0.000000111. The molecule has 0 amide bonds. The number of para-hydroxylation sites is 1. The third-order valence-electron chi connectivity index (χ3n) is 22.5. The predicted octanol–water partition coefficient (Wildman–Crippen LogP) is 32.9. The quantitative estimate of drug-likeness (QED) is 0.152. The maximum absolute atomic E-state index is 6.39. The molecule has 4 nitrogen and oxygen atoms in total. The van der Waals surface area contributed by atoms with Crippen molar-refractivity contribution in [2.24, 2.45) is 0 Å². The van der Waals surface area contributed by atoms with Gasteiger partial charge in [0.05, 0.1) is 0 Å². The fourth-order valence-electron chi connectivity index (χ4n) is 16.5. The molecule has 0 aliphatic heterocycles. The van der Waals surface area contributed by atoms with Crippen LogP contribution in [0, 0.1) is 0 Å². The SMILES string of the molecule is CC(C)(C)c1ccc2c(c1)oc1cccc(-c3cccc(-c4ccccc4)c3)c12.CC(C)(C)c1ccc2oc3cccc(-c4cccc(-c5ccccc5)c4)c3c2c1.CC(C)(C)c1cccc2c1oc1cccc(-c3cccc(-c4ccccc4)c3)c12.CC(C)(C)c1cccc2oc3cccc(-c4cccc(-c5ccccc5)c4)c3c12. The van der Waals surface area contributed by atoms with E-state index < -0.39 is 0 Å². The molecule has 0 bridgehead atoms. The minimum absolute atomic E-state index is 0.0285. The van der Waals surface area contributed by atoms with Crippen molar-refractivity contribution < 1.29 is 17.7 Å². The molecule has 16 aromatic carbocycles. The first-order valence-electron chi connectivity index (χ1n) is 40.5. The Hall–Kier alpha value is -13.3. The highest BCUT2D eigenvalue weighted by Gasteiger charge is 2.26. The fourth-order valence-corrected chi connectivity index (χ4v) is 16.5. The molecule has 0 unspecified atom stereocenters. The molecule has 0 aliphatic rings. The van der Waals surface area contributed by atoms with E-state index in [2.05, 4.69) is 447 Å². The monoisotopic (exact) mass is 1500 g/mol. The minimum atomic E-state index is 0.0285. The summed E-state index contributed by atoms with van der Waals surface area (Å²) in [6.07, 6.45) is 0. The van der Waals surface area contributed by atoms with Crippen LogP contribution in [-0.4, -0.2) is 0 Å². The average molecular weight is 1510 g/mol. The van der Waals surface area contributed by atoms with Crippen LogP contribution < -0.4 is 0 Å². The highest BCUT2D eigenvalue weighted by atomic mass is 16.3. The molecule has 0 radical (unpaired) electrons. The summed E-state index contributed by atoms with van der Waals surface area (Å²) in [5.74, 6) is 0. The number of benzene rings is 16. The average Bonchev–Trinajstić information content (AvgIpc) is 1.61. The molecular weight excluding hydrogens is 1410 g/mol. The molecule has 0 atom stereocenters. The van der Waals surface area contributed by atoms with Gasteiger partial charge in [-0.15, -0.1) is 0 Å². The Bertz CT molecular complexity index is 6840. The van der Waals surface area contributed by atoms with Gasteiger partial charge in [0.2, 0.25) is 0 Å². The van der Waals surface area contributed by atoms with Crippen LogP contribution in [0.5, 0.6) is 0 Å². The van der Waals surface area contributed by atoms with Gasteiger partial charge in [0.25, 0.3) is 0 Å². The number of furan rings is 4. The van der Waals surface area contributed by atoms with E-state index in [1.54, 1.807) is 0 Å². The van der Waals surface area contributed by atoms with Gasteiger partial charge in [-0.1, -0.05) is 374 Å². The normalized spacial score (nSPS) is 12.0. The van der Waals surface area contributed by atoms with Crippen molar-refractivity contribution >= 4 is 87.8 Å². The number of hydrogen-bond donors (Lipinski definition) is 0. The first-order chi connectivity index (χ1) is 56.1. The highest BCUT2D eigenvalue weighted by molar-refractivity contribution is 6.17. The molecule has 0 saturated carbocycles. The molecule has 4 heterocycles. The zero-order valence-electron chi connectivity index (χ0n) is 68.3. The molecular formula is C112H96O4. The Morgan fingerprint density at radius 3 is 0.888 bits per heavy atom. The standard InChI is InChI=1S/4C28H24O/c1-28(2,3)24-16-8-15-23-26-22(14-9-17-25(26)29-27(23)24)21-13-7-12-20(18-21)19-10-5-4-6-11-19;1-28(2,3)23-15-9-17-25-27(23)26-22(14-8-16-24(26)29-25)21-13-7-12-20(18-21)19-10-5-4-6-11-19;1-28(2,3)22-15-16-25-24(18-22)27-23(13-8-14-26(27)29-25)21-12-7-11-20(17-21)19-9-5-4-6-10-19;1-28(2,3)22-15-16-24-26(18-22)29-25-14-8-13-23(27(24)25)21-12-7-11-20(17-21)19-9-5-4-6-10-19/h4*4-18H,1-3H3. The Morgan fingerprint density at radius 2 is 0.466 bits per heavy atom. The molecule has 116 heavy (non-hydrogen) atoms. The summed E-state index contributed by atoms with van der Waals surface area (Å²) in [4.78, 5) is 0. The fraction of sp³-hybridized carbons (Fsp3) is 0.143. The van der Waals surface area contributed by atoms with Crippen LogP contribution in [0.4, 0.5) is 0 Å². The molecule has 4 aromatic heterocycles. The molecule has 0 aliphatic carbocycles. The summed E-state index contributed by atoms with van der Waals surface area (Å²) in [5, 5.41) is 9.56. The van der Waals surface area contributed by atoms with E-state index in [9.17, 15) is 0 Å². The second kappa shape index (κ2) is 30.9. The lowest BCUT2D eigenvalue weighted by Gasteiger charge is -2.20. The topological polar surface area (TPSA) is 52.6 Å². The first kappa shape index (κ1) is 75.4. The van der Waals surface area contributed by atoms with Gasteiger partial charge in [-0.2, -0.15) is 0 Å². The molecule has 20 aromatic rings. The van der Waals surface area contributed by atoms with E-state index in [0.717, 1.165) is 44.7 Å². The summed E-state index contributed by atoms with van der Waals surface area (Å²) < 4.78 is 25.1. The molecule has 0 N–H and O–H groups in total.